The average molecular weight is 221 g/mol. The number of amides is 1. The number of nitrogens with one attached hydrogen (secondary N) is 1. The van der Waals surface area contributed by atoms with Gasteiger partial charge in [-0.25, -0.2) is 4.39 Å². The van der Waals surface area contributed by atoms with Crippen LogP contribution in [0.2, 0.25) is 0 Å². The zero-order chi connectivity index (χ0) is 11.4. The number of hydrogen-bond donors (Lipinski definition) is 1. The molecule has 0 bridgehead atoms. The first-order valence-electron chi connectivity index (χ1n) is 5.79. The van der Waals surface area contributed by atoms with Gasteiger partial charge >= 0.3 is 0 Å². The first kappa shape index (κ1) is 11.1. The van der Waals surface area contributed by atoms with E-state index in [4.69, 9.17) is 0 Å². The summed E-state index contributed by atoms with van der Waals surface area (Å²) in [5, 5.41) is 2.84. The minimum atomic E-state index is -0.315. The van der Waals surface area contributed by atoms with Gasteiger partial charge < -0.3 is 5.32 Å². The largest absolute Gasteiger partial charge is 0.352 e. The standard InChI is InChI=1S/C13H16FNO/c14-12-7-5-11(6-8-12)13(16)15-9-1-2-10-3-4-10/h5-8,10H,1-4,9H2,(H,15,16). The van der Waals surface area contributed by atoms with Crippen LogP contribution in [-0.2, 0) is 0 Å². The Hall–Kier alpha value is -1.38. The lowest BCUT2D eigenvalue weighted by atomic mass is 10.2. The van der Waals surface area contributed by atoms with Crippen LogP contribution in [0.3, 0.4) is 0 Å². The summed E-state index contributed by atoms with van der Waals surface area (Å²) in [7, 11) is 0. The molecule has 3 heteroatoms. The quantitative estimate of drug-likeness (QED) is 0.761. The molecule has 1 N–H and O–H groups in total. The van der Waals surface area contributed by atoms with Gasteiger partial charge in [-0.3, -0.25) is 4.79 Å². The van der Waals surface area contributed by atoms with Crippen molar-refractivity contribution in [3.05, 3.63) is 35.6 Å². The second-order valence-corrected chi connectivity index (χ2v) is 4.35. The van der Waals surface area contributed by atoms with E-state index in [1.807, 2.05) is 0 Å². The first-order chi connectivity index (χ1) is 7.75. The zero-order valence-corrected chi connectivity index (χ0v) is 9.21. The average Bonchev–Trinajstić information content (AvgIpc) is 3.09. The topological polar surface area (TPSA) is 29.1 Å². The Labute approximate surface area is 94.9 Å². The molecule has 0 saturated heterocycles. The number of halogens is 1. The van der Waals surface area contributed by atoms with Crippen LogP contribution in [-0.4, -0.2) is 12.5 Å². The van der Waals surface area contributed by atoms with Gasteiger partial charge in [-0.15, -0.1) is 0 Å². The minimum Gasteiger partial charge on any atom is -0.352 e. The fourth-order valence-corrected chi connectivity index (χ4v) is 1.70. The molecule has 0 spiro atoms. The summed E-state index contributed by atoms with van der Waals surface area (Å²) >= 11 is 0. The number of carbonyl (C=O) groups is 1. The van der Waals surface area contributed by atoms with Crippen molar-refractivity contribution in [2.75, 3.05) is 6.54 Å². The molecule has 1 saturated carbocycles. The number of rotatable bonds is 5. The summed E-state index contributed by atoms with van der Waals surface area (Å²) in [6, 6.07) is 5.62. The molecule has 0 aromatic heterocycles. The summed E-state index contributed by atoms with van der Waals surface area (Å²) in [5.74, 6) is 0.476. The van der Waals surface area contributed by atoms with Gasteiger partial charge in [-0.2, -0.15) is 0 Å². The number of benzene rings is 1. The fraction of sp³-hybridized carbons (Fsp3) is 0.462. The van der Waals surface area contributed by atoms with Crippen LogP contribution in [0.15, 0.2) is 24.3 Å². The summed E-state index contributed by atoms with van der Waals surface area (Å²) in [4.78, 5) is 11.6. The highest BCUT2D eigenvalue weighted by molar-refractivity contribution is 5.94. The normalized spacial score (nSPS) is 14.8. The second-order valence-electron chi connectivity index (χ2n) is 4.35. The SMILES string of the molecule is O=C(NCCCC1CC1)c1ccc(F)cc1. The highest BCUT2D eigenvalue weighted by Gasteiger charge is 2.20. The minimum absolute atomic E-state index is 0.115. The predicted octanol–water partition coefficient (Wildman–Crippen LogP) is 2.75. The maximum Gasteiger partial charge on any atom is 0.251 e. The molecule has 1 fully saturated rings. The molecular formula is C13H16FNO. The highest BCUT2D eigenvalue weighted by Crippen LogP contribution is 2.33. The second kappa shape index (κ2) is 5.10. The van der Waals surface area contributed by atoms with E-state index in [0.29, 0.717) is 12.1 Å². The summed E-state index contributed by atoms with van der Waals surface area (Å²) in [5.41, 5.74) is 0.521. The van der Waals surface area contributed by atoms with Gasteiger partial charge in [0.1, 0.15) is 5.82 Å². The third-order valence-corrected chi connectivity index (χ3v) is 2.88. The van der Waals surface area contributed by atoms with Crippen molar-refractivity contribution in [3.8, 4) is 0 Å². The van der Waals surface area contributed by atoms with E-state index in [-0.39, 0.29) is 11.7 Å². The van der Waals surface area contributed by atoms with Crippen molar-refractivity contribution in [2.45, 2.75) is 25.7 Å². The van der Waals surface area contributed by atoms with E-state index in [9.17, 15) is 9.18 Å². The molecule has 1 aliphatic rings. The molecule has 0 aliphatic heterocycles. The lowest BCUT2D eigenvalue weighted by Gasteiger charge is -2.04. The summed E-state index contributed by atoms with van der Waals surface area (Å²) < 4.78 is 12.6. The predicted molar refractivity (Wildman–Crippen MR) is 60.7 cm³/mol. The molecular weight excluding hydrogens is 205 g/mol. The van der Waals surface area contributed by atoms with E-state index in [1.54, 1.807) is 0 Å². The summed E-state index contributed by atoms with van der Waals surface area (Å²) in [6.45, 7) is 0.715. The Bertz CT molecular complexity index is 357. The summed E-state index contributed by atoms with van der Waals surface area (Å²) in [6.07, 6.45) is 4.96. The fourth-order valence-electron chi connectivity index (χ4n) is 1.70. The van der Waals surface area contributed by atoms with E-state index in [1.165, 1.54) is 43.5 Å². The van der Waals surface area contributed by atoms with Crippen molar-refractivity contribution in [1.29, 1.82) is 0 Å². The molecule has 2 nitrogen and oxygen atoms in total. The van der Waals surface area contributed by atoms with E-state index >= 15 is 0 Å². The van der Waals surface area contributed by atoms with Crippen LogP contribution in [0.5, 0.6) is 0 Å². The van der Waals surface area contributed by atoms with Crippen LogP contribution >= 0.6 is 0 Å². The highest BCUT2D eigenvalue weighted by atomic mass is 19.1. The molecule has 86 valence electrons. The van der Waals surface area contributed by atoms with Gasteiger partial charge in [0, 0.05) is 12.1 Å². The van der Waals surface area contributed by atoms with Gasteiger partial charge in [-0.05, 0) is 43.0 Å². The Balaban J connectivity index is 1.71. The molecule has 1 amide bonds. The number of carbonyl (C=O) groups excluding carboxylic acids is 1. The molecule has 0 unspecified atom stereocenters. The number of hydrogen-bond acceptors (Lipinski definition) is 1. The maximum atomic E-state index is 12.6. The van der Waals surface area contributed by atoms with Crippen LogP contribution < -0.4 is 5.32 Å². The molecule has 1 aromatic carbocycles. The van der Waals surface area contributed by atoms with E-state index < -0.39 is 0 Å². The Morgan fingerprint density at radius 3 is 2.62 bits per heavy atom. The lowest BCUT2D eigenvalue weighted by molar-refractivity contribution is 0.0953. The maximum absolute atomic E-state index is 12.6. The lowest BCUT2D eigenvalue weighted by Crippen LogP contribution is -2.24. The van der Waals surface area contributed by atoms with Gasteiger partial charge in [0.2, 0.25) is 0 Å². The molecule has 16 heavy (non-hydrogen) atoms. The van der Waals surface area contributed by atoms with Crippen LogP contribution in [0, 0.1) is 11.7 Å². The van der Waals surface area contributed by atoms with Crippen molar-refractivity contribution < 1.29 is 9.18 Å². The van der Waals surface area contributed by atoms with Gasteiger partial charge in [0.05, 0.1) is 0 Å². The molecule has 2 rings (SSSR count). The molecule has 0 atom stereocenters. The van der Waals surface area contributed by atoms with Crippen molar-refractivity contribution in [2.24, 2.45) is 5.92 Å². The van der Waals surface area contributed by atoms with E-state index in [0.717, 1.165) is 12.3 Å². The van der Waals surface area contributed by atoms with Crippen molar-refractivity contribution in [1.82, 2.24) is 5.32 Å². The molecule has 0 heterocycles. The Morgan fingerprint density at radius 1 is 1.31 bits per heavy atom. The van der Waals surface area contributed by atoms with Crippen LogP contribution in [0.25, 0.3) is 0 Å². The third kappa shape index (κ3) is 3.33. The Kier molecular flexibility index (Phi) is 3.54. The van der Waals surface area contributed by atoms with Crippen molar-refractivity contribution >= 4 is 5.91 Å². The van der Waals surface area contributed by atoms with Gasteiger partial charge in [0.25, 0.3) is 5.91 Å². The van der Waals surface area contributed by atoms with Gasteiger partial charge in [0.15, 0.2) is 0 Å². The van der Waals surface area contributed by atoms with Crippen molar-refractivity contribution in [3.63, 3.8) is 0 Å². The van der Waals surface area contributed by atoms with E-state index in [2.05, 4.69) is 5.32 Å². The molecule has 0 radical (unpaired) electrons. The zero-order valence-electron chi connectivity index (χ0n) is 9.21. The smallest absolute Gasteiger partial charge is 0.251 e. The van der Waals surface area contributed by atoms with Gasteiger partial charge in [-0.1, -0.05) is 12.8 Å². The molecule has 1 aromatic rings. The monoisotopic (exact) mass is 221 g/mol. The molecule has 1 aliphatic carbocycles. The van der Waals surface area contributed by atoms with Crippen LogP contribution in [0.4, 0.5) is 4.39 Å². The first-order valence-corrected chi connectivity index (χ1v) is 5.79. The third-order valence-electron chi connectivity index (χ3n) is 2.88. The van der Waals surface area contributed by atoms with Crippen LogP contribution in [0.1, 0.15) is 36.0 Å². The Morgan fingerprint density at radius 2 is 2.00 bits per heavy atom.